The second-order valence-electron chi connectivity index (χ2n) is 7.14. The predicted octanol–water partition coefficient (Wildman–Crippen LogP) is 2.95. The fraction of sp³-hybridized carbons (Fsp3) is 0.941. The summed E-state index contributed by atoms with van der Waals surface area (Å²) in [6.07, 6.45) is 4.07. The third-order valence-corrected chi connectivity index (χ3v) is 5.10. The van der Waals surface area contributed by atoms with Crippen LogP contribution in [0, 0.1) is 5.41 Å². The van der Waals surface area contributed by atoms with Crippen molar-refractivity contribution in [2.24, 2.45) is 11.1 Å². The van der Waals surface area contributed by atoms with Crippen molar-refractivity contribution in [2.75, 3.05) is 13.2 Å². The molecule has 1 rings (SSSR count). The fourth-order valence-electron chi connectivity index (χ4n) is 3.18. The van der Waals surface area contributed by atoms with Crippen LogP contribution in [-0.4, -0.2) is 41.6 Å². The molecule has 0 saturated heterocycles. The molecule has 2 atom stereocenters. The number of nitrogens with two attached hydrogens (primary N) is 1. The molecule has 0 aromatic heterocycles. The number of hydrogen-bond acceptors (Lipinski definition) is 3. The minimum atomic E-state index is -0.788. The van der Waals surface area contributed by atoms with Gasteiger partial charge in [-0.3, -0.25) is 4.79 Å². The molecule has 0 bridgehead atoms. The first kappa shape index (κ1) is 18.4. The molecule has 2 unspecified atom stereocenters. The summed E-state index contributed by atoms with van der Waals surface area (Å²) in [5.41, 5.74) is 5.42. The van der Waals surface area contributed by atoms with Crippen LogP contribution in [0.15, 0.2) is 0 Å². The van der Waals surface area contributed by atoms with Gasteiger partial charge in [-0.1, -0.05) is 33.6 Å². The molecule has 2 N–H and O–H groups in total. The van der Waals surface area contributed by atoms with Crippen LogP contribution < -0.4 is 5.73 Å². The summed E-state index contributed by atoms with van der Waals surface area (Å²) in [5.74, 6) is 0.0922. The van der Waals surface area contributed by atoms with E-state index in [4.69, 9.17) is 10.5 Å². The van der Waals surface area contributed by atoms with Crippen LogP contribution in [0.2, 0.25) is 0 Å². The lowest BCUT2D eigenvalue weighted by molar-refractivity contribution is -0.180. The minimum Gasteiger partial charge on any atom is -0.378 e. The average Bonchev–Trinajstić information content (AvgIpc) is 2.42. The molecule has 1 saturated carbocycles. The highest BCUT2D eigenvalue weighted by Gasteiger charge is 2.63. The topological polar surface area (TPSA) is 55.6 Å². The highest BCUT2D eigenvalue weighted by atomic mass is 16.5. The van der Waals surface area contributed by atoms with E-state index in [9.17, 15) is 4.79 Å². The fourth-order valence-corrected chi connectivity index (χ4v) is 3.18. The van der Waals surface area contributed by atoms with Gasteiger partial charge in [-0.05, 0) is 27.2 Å². The van der Waals surface area contributed by atoms with Gasteiger partial charge in [0.15, 0.2) is 0 Å². The van der Waals surface area contributed by atoms with Crippen molar-refractivity contribution in [3.05, 3.63) is 0 Å². The van der Waals surface area contributed by atoms with Gasteiger partial charge in [0.2, 0.25) is 5.91 Å². The molecule has 1 aliphatic rings. The number of carbonyl (C=O) groups is 1. The summed E-state index contributed by atoms with van der Waals surface area (Å²) < 4.78 is 5.73. The van der Waals surface area contributed by atoms with Gasteiger partial charge in [0.25, 0.3) is 0 Å². The molecule has 4 nitrogen and oxygen atoms in total. The Labute approximate surface area is 130 Å². The summed E-state index contributed by atoms with van der Waals surface area (Å²) in [6, 6.07) is 0.191. The SMILES string of the molecule is CCCCCN(C(=O)C1(N)CC(OCC)C1(C)C)C(C)C. The molecule has 1 fully saturated rings. The van der Waals surface area contributed by atoms with Crippen LogP contribution >= 0.6 is 0 Å². The average molecular weight is 298 g/mol. The van der Waals surface area contributed by atoms with Gasteiger partial charge >= 0.3 is 0 Å². The maximum absolute atomic E-state index is 13.0. The summed E-state index contributed by atoms with van der Waals surface area (Å²) in [5, 5.41) is 0. The van der Waals surface area contributed by atoms with Gasteiger partial charge in [0.1, 0.15) is 5.54 Å². The van der Waals surface area contributed by atoms with Gasteiger partial charge in [-0.2, -0.15) is 0 Å². The summed E-state index contributed by atoms with van der Waals surface area (Å²) in [7, 11) is 0. The number of unbranched alkanes of at least 4 members (excludes halogenated alkanes) is 2. The Bertz CT molecular complexity index is 355. The molecule has 0 aromatic carbocycles. The highest BCUT2D eigenvalue weighted by Crippen LogP contribution is 2.50. The van der Waals surface area contributed by atoms with E-state index >= 15 is 0 Å². The van der Waals surface area contributed by atoms with E-state index in [1.165, 1.54) is 0 Å². The van der Waals surface area contributed by atoms with Gasteiger partial charge < -0.3 is 15.4 Å². The Morgan fingerprint density at radius 3 is 2.38 bits per heavy atom. The van der Waals surface area contributed by atoms with E-state index in [2.05, 4.69) is 34.6 Å². The van der Waals surface area contributed by atoms with E-state index in [0.717, 1.165) is 25.8 Å². The van der Waals surface area contributed by atoms with E-state index in [-0.39, 0.29) is 23.5 Å². The summed E-state index contributed by atoms with van der Waals surface area (Å²) in [4.78, 5) is 15.0. The number of rotatable bonds is 8. The first-order valence-corrected chi connectivity index (χ1v) is 8.43. The first-order valence-electron chi connectivity index (χ1n) is 8.43. The monoisotopic (exact) mass is 298 g/mol. The Hall–Kier alpha value is -0.610. The second-order valence-corrected chi connectivity index (χ2v) is 7.14. The largest absolute Gasteiger partial charge is 0.378 e. The van der Waals surface area contributed by atoms with Crippen molar-refractivity contribution in [1.29, 1.82) is 0 Å². The van der Waals surface area contributed by atoms with Crippen LogP contribution in [0.4, 0.5) is 0 Å². The Morgan fingerprint density at radius 2 is 1.95 bits per heavy atom. The van der Waals surface area contributed by atoms with Gasteiger partial charge in [-0.25, -0.2) is 0 Å². The van der Waals surface area contributed by atoms with Gasteiger partial charge in [0.05, 0.1) is 6.10 Å². The van der Waals surface area contributed by atoms with Crippen molar-refractivity contribution < 1.29 is 9.53 Å². The molecule has 0 aromatic rings. The Balaban J connectivity index is 2.79. The lowest BCUT2D eigenvalue weighted by atomic mass is 9.54. The van der Waals surface area contributed by atoms with Crippen LogP contribution in [0.5, 0.6) is 0 Å². The molecule has 4 heteroatoms. The molecular formula is C17H34N2O2. The number of ether oxygens (including phenoxy) is 1. The Morgan fingerprint density at radius 1 is 1.33 bits per heavy atom. The zero-order chi connectivity index (χ0) is 16.3. The highest BCUT2D eigenvalue weighted by molar-refractivity contribution is 5.89. The Kier molecular flexibility index (Phi) is 6.23. The molecule has 0 aliphatic heterocycles. The van der Waals surface area contributed by atoms with Crippen molar-refractivity contribution in [3.8, 4) is 0 Å². The van der Waals surface area contributed by atoms with Crippen LogP contribution in [-0.2, 0) is 9.53 Å². The van der Waals surface area contributed by atoms with Crippen molar-refractivity contribution in [2.45, 2.75) is 84.9 Å². The molecule has 0 radical (unpaired) electrons. The lowest BCUT2D eigenvalue weighted by Gasteiger charge is -2.59. The number of amides is 1. The molecule has 1 amide bonds. The van der Waals surface area contributed by atoms with E-state index in [0.29, 0.717) is 13.0 Å². The normalized spacial score (nSPS) is 27.5. The molecule has 21 heavy (non-hydrogen) atoms. The number of carbonyl (C=O) groups excluding carboxylic acids is 1. The van der Waals surface area contributed by atoms with E-state index in [1.807, 2.05) is 11.8 Å². The van der Waals surface area contributed by atoms with Gasteiger partial charge in [-0.15, -0.1) is 0 Å². The number of nitrogens with zero attached hydrogens (tertiary/aromatic N) is 1. The van der Waals surface area contributed by atoms with Crippen LogP contribution in [0.3, 0.4) is 0 Å². The van der Waals surface area contributed by atoms with E-state index in [1.54, 1.807) is 0 Å². The quantitative estimate of drug-likeness (QED) is 0.701. The summed E-state index contributed by atoms with van der Waals surface area (Å²) >= 11 is 0. The van der Waals surface area contributed by atoms with Gasteiger partial charge in [0, 0.05) is 31.0 Å². The maximum atomic E-state index is 13.0. The predicted molar refractivity (Wildman–Crippen MR) is 87.1 cm³/mol. The van der Waals surface area contributed by atoms with Crippen molar-refractivity contribution in [3.63, 3.8) is 0 Å². The zero-order valence-electron chi connectivity index (χ0n) is 14.7. The molecule has 0 spiro atoms. The standard InChI is InChI=1S/C17H34N2O2/c1-7-9-10-11-19(13(3)4)15(20)17(18)12-14(21-8-2)16(17,5)6/h13-14H,7-12,18H2,1-6H3. The molecule has 1 aliphatic carbocycles. The van der Waals surface area contributed by atoms with Crippen LogP contribution in [0.1, 0.15) is 67.2 Å². The molecule has 0 heterocycles. The lowest BCUT2D eigenvalue weighted by Crippen LogP contribution is -2.76. The summed E-state index contributed by atoms with van der Waals surface area (Å²) in [6.45, 7) is 13.9. The van der Waals surface area contributed by atoms with Crippen molar-refractivity contribution in [1.82, 2.24) is 4.90 Å². The molecule has 124 valence electrons. The third kappa shape index (κ3) is 3.42. The van der Waals surface area contributed by atoms with Crippen LogP contribution in [0.25, 0.3) is 0 Å². The minimum absolute atomic E-state index is 0.0844. The maximum Gasteiger partial charge on any atom is 0.243 e. The molecular weight excluding hydrogens is 264 g/mol. The number of hydrogen-bond donors (Lipinski definition) is 1. The second kappa shape index (κ2) is 7.10. The zero-order valence-corrected chi connectivity index (χ0v) is 14.7. The van der Waals surface area contributed by atoms with E-state index < -0.39 is 5.54 Å². The third-order valence-electron chi connectivity index (χ3n) is 5.10. The smallest absolute Gasteiger partial charge is 0.243 e. The van der Waals surface area contributed by atoms with Crippen molar-refractivity contribution >= 4 is 5.91 Å². The first-order chi connectivity index (χ1) is 9.72.